The quantitative estimate of drug-likeness (QED) is 0.202. The van der Waals surface area contributed by atoms with Gasteiger partial charge in [-0.3, -0.25) is 19.1 Å². The monoisotopic (exact) mass is 474 g/mol. The molecule has 2 aromatic heterocycles. The highest BCUT2D eigenvalue weighted by Crippen LogP contribution is 2.28. The van der Waals surface area contributed by atoms with Gasteiger partial charge in [-0.15, -0.1) is 10.2 Å². The van der Waals surface area contributed by atoms with Gasteiger partial charge in [0.25, 0.3) is 11.8 Å². The van der Waals surface area contributed by atoms with E-state index in [1.807, 2.05) is 41.0 Å². The summed E-state index contributed by atoms with van der Waals surface area (Å²) < 4.78 is 12.9. The molecular weight excluding hydrogens is 452 g/mol. The van der Waals surface area contributed by atoms with Crippen LogP contribution in [0.4, 0.5) is 0 Å². The molecule has 0 unspecified atom stereocenters. The van der Waals surface area contributed by atoms with Crippen LogP contribution in [-0.2, 0) is 6.54 Å². The van der Waals surface area contributed by atoms with Crippen LogP contribution in [-0.4, -0.2) is 50.9 Å². The summed E-state index contributed by atoms with van der Waals surface area (Å²) in [5.74, 6) is 2.44. The molecule has 0 spiro atoms. The summed E-state index contributed by atoms with van der Waals surface area (Å²) in [5.41, 5.74) is 1.83. The molecule has 0 atom stereocenters. The summed E-state index contributed by atoms with van der Waals surface area (Å²) in [6.07, 6.45) is 2.28. The van der Waals surface area contributed by atoms with Gasteiger partial charge in [-0.1, -0.05) is 36.0 Å². The lowest BCUT2D eigenvalue weighted by Crippen LogP contribution is -2.31. The Morgan fingerprint density at radius 1 is 0.971 bits per heavy atom. The van der Waals surface area contributed by atoms with E-state index in [4.69, 9.17) is 9.15 Å². The number of carbonyl (C=O) groups excluding carboxylic acids is 2. The number of imide groups is 1. The summed E-state index contributed by atoms with van der Waals surface area (Å²) in [6, 6.07) is 18.4. The standard InChI is InChI=1S/C25H22N4O4S/c1-32-18-8-4-7-17(15-18)22-26-27-25(29(22)16-19-9-5-13-33-19)34-14-6-12-28-23(30)20-10-2-3-11-21(20)24(28)31/h2-5,7-11,13,15H,6,12,14,16H2,1H3. The first-order valence-electron chi connectivity index (χ1n) is 10.8. The summed E-state index contributed by atoms with van der Waals surface area (Å²) in [5, 5.41) is 9.57. The lowest BCUT2D eigenvalue weighted by Gasteiger charge is -2.13. The Bertz CT molecular complexity index is 1300. The van der Waals surface area contributed by atoms with Crippen LogP contribution in [0.2, 0.25) is 0 Å². The van der Waals surface area contributed by atoms with Crippen molar-refractivity contribution in [1.82, 2.24) is 19.7 Å². The first kappa shape index (κ1) is 22.0. The number of hydrogen-bond donors (Lipinski definition) is 0. The van der Waals surface area contributed by atoms with Crippen molar-refractivity contribution in [3.05, 3.63) is 83.8 Å². The molecule has 0 saturated heterocycles. The number of thioether (sulfide) groups is 1. The van der Waals surface area contributed by atoms with Crippen LogP contribution in [0.25, 0.3) is 11.4 Å². The average Bonchev–Trinajstić information content (AvgIpc) is 3.58. The van der Waals surface area contributed by atoms with Gasteiger partial charge in [0.05, 0.1) is 31.0 Å². The van der Waals surface area contributed by atoms with Crippen molar-refractivity contribution < 1.29 is 18.7 Å². The van der Waals surface area contributed by atoms with Crippen LogP contribution < -0.4 is 4.74 Å². The van der Waals surface area contributed by atoms with Crippen molar-refractivity contribution in [3.8, 4) is 17.1 Å². The Morgan fingerprint density at radius 2 is 1.76 bits per heavy atom. The number of hydrogen-bond acceptors (Lipinski definition) is 7. The van der Waals surface area contributed by atoms with Gasteiger partial charge < -0.3 is 9.15 Å². The number of benzene rings is 2. The second-order valence-corrected chi connectivity index (χ2v) is 8.78. The third kappa shape index (κ3) is 4.22. The molecule has 0 fully saturated rings. The fourth-order valence-electron chi connectivity index (χ4n) is 3.90. The highest BCUT2D eigenvalue weighted by Gasteiger charge is 2.34. The maximum atomic E-state index is 12.6. The first-order valence-corrected chi connectivity index (χ1v) is 11.8. The fourth-order valence-corrected chi connectivity index (χ4v) is 4.76. The van der Waals surface area contributed by atoms with E-state index in [9.17, 15) is 9.59 Å². The van der Waals surface area contributed by atoms with Crippen LogP contribution in [0.15, 0.2) is 76.5 Å². The van der Waals surface area contributed by atoms with Crippen LogP contribution in [0.5, 0.6) is 5.75 Å². The van der Waals surface area contributed by atoms with Crippen molar-refractivity contribution in [3.63, 3.8) is 0 Å². The van der Waals surface area contributed by atoms with Crippen molar-refractivity contribution in [2.45, 2.75) is 18.1 Å². The predicted octanol–water partition coefficient (Wildman–Crippen LogP) is 4.37. The molecular formula is C25H22N4O4S. The Morgan fingerprint density at radius 3 is 2.47 bits per heavy atom. The van der Waals surface area contributed by atoms with E-state index < -0.39 is 0 Å². The molecule has 5 rings (SSSR count). The largest absolute Gasteiger partial charge is 0.497 e. The maximum absolute atomic E-state index is 12.6. The van der Waals surface area contributed by atoms with E-state index in [0.29, 0.717) is 42.2 Å². The minimum absolute atomic E-state index is 0.230. The summed E-state index contributed by atoms with van der Waals surface area (Å²) in [4.78, 5) is 26.5. The van der Waals surface area contributed by atoms with E-state index in [1.54, 1.807) is 37.6 Å². The topological polar surface area (TPSA) is 90.5 Å². The van der Waals surface area contributed by atoms with Gasteiger partial charge in [-0.2, -0.15) is 0 Å². The van der Waals surface area contributed by atoms with Gasteiger partial charge in [-0.25, -0.2) is 0 Å². The van der Waals surface area contributed by atoms with Gasteiger partial charge in [0.1, 0.15) is 11.5 Å². The molecule has 1 aliphatic rings. The molecule has 3 heterocycles. The smallest absolute Gasteiger partial charge is 0.261 e. The van der Waals surface area contributed by atoms with Gasteiger partial charge >= 0.3 is 0 Å². The Hall–Kier alpha value is -3.85. The van der Waals surface area contributed by atoms with Crippen LogP contribution in [0.1, 0.15) is 32.9 Å². The van der Waals surface area contributed by atoms with E-state index in [2.05, 4.69) is 10.2 Å². The number of aromatic nitrogens is 3. The lowest BCUT2D eigenvalue weighted by molar-refractivity contribution is 0.0655. The van der Waals surface area contributed by atoms with Crippen LogP contribution >= 0.6 is 11.8 Å². The van der Waals surface area contributed by atoms with Crippen molar-refractivity contribution in [2.24, 2.45) is 0 Å². The molecule has 1 aliphatic heterocycles. The molecule has 9 heteroatoms. The number of ether oxygens (including phenoxy) is 1. The zero-order valence-electron chi connectivity index (χ0n) is 18.5. The van der Waals surface area contributed by atoms with Gasteiger partial charge in [-0.05, 0) is 42.8 Å². The Labute approximate surface area is 200 Å². The zero-order valence-corrected chi connectivity index (χ0v) is 19.3. The lowest BCUT2D eigenvalue weighted by atomic mass is 10.1. The van der Waals surface area contributed by atoms with Crippen molar-refractivity contribution in [2.75, 3.05) is 19.4 Å². The zero-order chi connectivity index (χ0) is 23.5. The third-order valence-electron chi connectivity index (χ3n) is 5.57. The van der Waals surface area contributed by atoms with E-state index >= 15 is 0 Å². The van der Waals surface area contributed by atoms with E-state index in [0.717, 1.165) is 22.2 Å². The normalized spacial score (nSPS) is 12.9. The third-order valence-corrected chi connectivity index (χ3v) is 6.63. The number of methoxy groups -OCH3 is 1. The molecule has 172 valence electrons. The number of rotatable bonds is 9. The summed E-state index contributed by atoms with van der Waals surface area (Å²) in [6.45, 7) is 0.835. The Kier molecular flexibility index (Phi) is 6.18. The number of amides is 2. The molecule has 2 aromatic carbocycles. The number of nitrogens with zero attached hydrogens (tertiary/aromatic N) is 4. The molecule has 0 aliphatic carbocycles. The second kappa shape index (κ2) is 9.56. The minimum Gasteiger partial charge on any atom is -0.497 e. The number of furan rings is 1. The molecule has 34 heavy (non-hydrogen) atoms. The summed E-state index contributed by atoms with van der Waals surface area (Å²) in [7, 11) is 1.63. The molecule has 0 bridgehead atoms. The molecule has 4 aromatic rings. The molecule has 0 N–H and O–H groups in total. The number of carbonyl (C=O) groups is 2. The second-order valence-electron chi connectivity index (χ2n) is 7.71. The van der Waals surface area contributed by atoms with Crippen molar-refractivity contribution >= 4 is 23.6 Å². The molecule has 0 saturated carbocycles. The molecule has 0 radical (unpaired) electrons. The van der Waals surface area contributed by atoms with Crippen molar-refractivity contribution in [1.29, 1.82) is 0 Å². The highest BCUT2D eigenvalue weighted by atomic mass is 32.2. The van der Waals surface area contributed by atoms with Gasteiger partial charge in [0.15, 0.2) is 11.0 Å². The first-order chi connectivity index (χ1) is 16.7. The molecule has 2 amide bonds. The van der Waals surface area contributed by atoms with Crippen LogP contribution in [0, 0.1) is 0 Å². The predicted molar refractivity (Wildman–Crippen MR) is 127 cm³/mol. The average molecular weight is 475 g/mol. The number of fused-ring (bicyclic) bond motifs is 1. The highest BCUT2D eigenvalue weighted by molar-refractivity contribution is 7.99. The van der Waals surface area contributed by atoms with E-state index in [1.165, 1.54) is 16.7 Å². The summed E-state index contributed by atoms with van der Waals surface area (Å²) >= 11 is 1.53. The fraction of sp³-hybridized carbons (Fsp3) is 0.200. The SMILES string of the molecule is COc1cccc(-c2nnc(SCCCN3C(=O)c4ccccc4C3=O)n2Cc2ccco2)c1. The minimum atomic E-state index is -0.230. The van der Waals surface area contributed by atoms with Gasteiger partial charge in [0, 0.05) is 17.9 Å². The van der Waals surface area contributed by atoms with Gasteiger partial charge in [0.2, 0.25) is 0 Å². The Balaban J connectivity index is 1.29. The van der Waals surface area contributed by atoms with Crippen LogP contribution in [0.3, 0.4) is 0 Å². The molecule has 8 nitrogen and oxygen atoms in total. The van der Waals surface area contributed by atoms with E-state index in [-0.39, 0.29) is 11.8 Å². The maximum Gasteiger partial charge on any atom is 0.261 e.